The van der Waals surface area contributed by atoms with Crippen LogP contribution >= 0.6 is 0 Å². The van der Waals surface area contributed by atoms with Crippen molar-refractivity contribution in [2.75, 3.05) is 6.54 Å². The largest absolute Gasteiger partial charge is 0.480 e. The Balaban J connectivity index is 4.15. The highest BCUT2D eigenvalue weighted by Gasteiger charge is 2.18. The summed E-state index contributed by atoms with van der Waals surface area (Å²) in [6, 6.07) is -0.575. The van der Waals surface area contributed by atoms with E-state index < -0.39 is 12.0 Å². The zero-order valence-electron chi connectivity index (χ0n) is 10.2. The van der Waals surface area contributed by atoms with Gasteiger partial charge < -0.3 is 10.3 Å². The van der Waals surface area contributed by atoms with Gasteiger partial charge in [-0.25, -0.2) is 0 Å². The van der Waals surface area contributed by atoms with Crippen molar-refractivity contribution in [3.63, 3.8) is 0 Å². The third kappa shape index (κ3) is 6.40. The first-order valence-electron chi connectivity index (χ1n) is 5.67. The summed E-state index contributed by atoms with van der Waals surface area (Å²) >= 11 is 0. The topological polar surface area (TPSA) is 81.9 Å². The third-order valence-corrected chi connectivity index (χ3v) is 2.24. The number of rotatable bonds is 8. The van der Waals surface area contributed by atoms with E-state index in [0.717, 1.165) is 6.42 Å². The molecule has 0 spiro atoms. The van der Waals surface area contributed by atoms with Gasteiger partial charge in [0.25, 0.3) is 0 Å². The van der Waals surface area contributed by atoms with Crippen molar-refractivity contribution in [2.45, 2.75) is 46.1 Å². The van der Waals surface area contributed by atoms with E-state index in [1.165, 1.54) is 0 Å². The van der Waals surface area contributed by atoms with Crippen LogP contribution in [0.1, 0.15) is 40.0 Å². The highest BCUT2D eigenvalue weighted by Crippen LogP contribution is 2.05. The molecule has 1 atom stereocenters. The standard InChI is InChI=1S/C11H22N2O3/c1-4-5-9(13-16)7-12-10(11(14)15)6-8(2)3/h8,10,12,16H,4-7H2,1-3H3,(H,14,15)/b13-9+/t10-/m0/s1. The van der Waals surface area contributed by atoms with Crippen LogP contribution in [0, 0.1) is 5.92 Å². The van der Waals surface area contributed by atoms with Crippen LogP contribution < -0.4 is 5.32 Å². The van der Waals surface area contributed by atoms with Gasteiger partial charge in [0.05, 0.1) is 5.71 Å². The molecule has 0 aliphatic heterocycles. The average Bonchev–Trinajstić information content (AvgIpc) is 2.21. The van der Waals surface area contributed by atoms with Crippen molar-refractivity contribution in [1.82, 2.24) is 5.32 Å². The molecule has 0 aromatic carbocycles. The highest BCUT2D eigenvalue weighted by atomic mass is 16.4. The van der Waals surface area contributed by atoms with E-state index in [-0.39, 0.29) is 0 Å². The molecule has 0 aromatic rings. The molecule has 0 aliphatic carbocycles. The second-order valence-electron chi connectivity index (χ2n) is 4.32. The van der Waals surface area contributed by atoms with Crippen LogP contribution in [0.4, 0.5) is 0 Å². The maximum atomic E-state index is 10.9. The monoisotopic (exact) mass is 230 g/mol. The van der Waals surface area contributed by atoms with Crippen LogP contribution in [0.5, 0.6) is 0 Å². The van der Waals surface area contributed by atoms with Gasteiger partial charge in [-0.2, -0.15) is 0 Å². The average molecular weight is 230 g/mol. The molecule has 0 amide bonds. The van der Waals surface area contributed by atoms with Crippen molar-refractivity contribution in [1.29, 1.82) is 0 Å². The quantitative estimate of drug-likeness (QED) is 0.337. The summed E-state index contributed by atoms with van der Waals surface area (Å²) in [5.41, 5.74) is 0.595. The number of carbonyl (C=O) groups is 1. The van der Waals surface area contributed by atoms with Crippen molar-refractivity contribution in [2.24, 2.45) is 11.1 Å². The lowest BCUT2D eigenvalue weighted by Gasteiger charge is -2.16. The van der Waals surface area contributed by atoms with Gasteiger partial charge in [-0.1, -0.05) is 32.3 Å². The Morgan fingerprint density at radius 2 is 2.06 bits per heavy atom. The first-order chi connectivity index (χ1) is 7.51. The normalized spacial score (nSPS) is 14.1. The zero-order chi connectivity index (χ0) is 12.6. The first kappa shape index (κ1) is 14.9. The molecule has 5 heteroatoms. The van der Waals surface area contributed by atoms with Gasteiger partial charge >= 0.3 is 5.97 Å². The Kier molecular flexibility index (Phi) is 7.54. The lowest BCUT2D eigenvalue weighted by molar-refractivity contribution is -0.139. The molecule has 0 aliphatic rings. The van der Waals surface area contributed by atoms with Gasteiger partial charge in [-0.05, 0) is 18.8 Å². The number of oxime groups is 1. The van der Waals surface area contributed by atoms with E-state index in [1.807, 2.05) is 20.8 Å². The fourth-order valence-electron chi connectivity index (χ4n) is 1.45. The molecule has 94 valence electrons. The Morgan fingerprint density at radius 1 is 1.44 bits per heavy atom. The van der Waals surface area contributed by atoms with Crippen LogP contribution in [-0.2, 0) is 4.79 Å². The molecule has 0 fully saturated rings. The third-order valence-electron chi connectivity index (χ3n) is 2.24. The fraction of sp³-hybridized carbons (Fsp3) is 0.818. The summed E-state index contributed by atoms with van der Waals surface area (Å²) in [5, 5.41) is 23.7. The Bertz CT molecular complexity index is 239. The van der Waals surface area contributed by atoms with Crippen molar-refractivity contribution >= 4 is 11.7 Å². The fourth-order valence-corrected chi connectivity index (χ4v) is 1.45. The SMILES string of the molecule is CCC/C(CN[C@@H](CC(C)C)C(=O)O)=N\O. The smallest absolute Gasteiger partial charge is 0.320 e. The van der Waals surface area contributed by atoms with Gasteiger partial charge in [-0.15, -0.1) is 0 Å². The number of carboxylic acid groups (broad SMARTS) is 1. The molecule has 0 saturated carbocycles. The lowest BCUT2D eigenvalue weighted by atomic mass is 10.0. The summed E-state index contributed by atoms with van der Waals surface area (Å²) in [6.45, 7) is 6.26. The molecule has 0 heterocycles. The van der Waals surface area contributed by atoms with Crippen LogP contribution in [0.15, 0.2) is 5.16 Å². The Hall–Kier alpha value is -1.10. The summed E-state index contributed by atoms with van der Waals surface area (Å²) in [5.74, 6) is -0.545. The van der Waals surface area contributed by atoms with Gasteiger partial charge in [0.1, 0.15) is 6.04 Å². The van der Waals surface area contributed by atoms with Gasteiger partial charge in [0, 0.05) is 6.54 Å². The predicted molar refractivity (Wildman–Crippen MR) is 63.0 cm³/mol. The molecule has 0 radical (unpaired) electrons. The van der Waals surface area contributed by atoms with Crippen molar-refractivity contribution < 1.29 is 15.1 Å². The molecule has 0 bridgehead atoms. The maximum Gasteiger partial charge on any atom is 0.320 e. The van der Waals surface area contributed by atoms with Crippen LogP contribution in [0.25, 0.3) is 0 Å². The minimum absolute atomic E-state index is 0.314. The second kappa shape index (κ2) is 8.10. The molecule has 0 rings (SSSR count). The van der Waals surface area contributed by atoms with Gasteiger partial charge in [0.15, 0.2) is 0 Å². The van der Waals surface area contributed by atoms with Crippen molar-refractivity contribution in [3.05, 3.63) is 0 Å². The highest BCUT2D eigenvalue weighted by molar-refractivity contribution is 5.86. The lowest BCUT2D eigenvalue weighted by Crippen LogP contribution is -2.40. The number of hydrogen-bond donors (Lipinski definition) is 3. The van der Waals surface area contributed by atoms with E-state index in [2.05, 4.69) is 10.5 Å². The number of carboxylic acids is 1. The zero-order valence-corrected chi connectivity index (χ0v) is 10.2. The van der Waals surface area contributed by atoms with Gasteiger partial charge in [-0.3, -0.25) is 10.1 Å². The van der Waals surface area contributed by atoms with Crippen molar-refractivity contribution in [3.8, 4) is 0 Å². The van der Waals surface area contributed by atoms with E-state index in [9.17, 15) is 4.79 Å². The van der Waals surface area contributed by atoms with Gasteiger partial charge in [0.2, 0.25) is 0 Å². The molecule has 3 N–H and O–H groups in total. The number of aliphatic carboxylic acids is 1. The number of nitrogens with zero attached hydrogens (tertiary/aromatic N) is 1. The van der Waals surface area contributed by atoms with E-state index in [1.54, 1.807) is 0 Å². The number of nitrogens with one attached hydrogen (secondary N) is 1. The van der Waals surface area contributed by atoms with Crippen LogP contribution in [0.3, 0.4) is 0 Å². The second-order valence-corrected chi connectivity index (χ2v) is 4.32. The molecule has 5 nitrogen and oxygen atoms in total. The van der Waals surface area contributed by atoms with E-state index in [0.29, 0.717) is 31.0 Å². The molecule has 16 heavy (non-hydrogen) atoms. The maximum absolute atomic E-state index is 10.9. The van der Waals surface area contributed by atoms with E-state index in [4.69, 9.17) is 10.3 Å². The van der Waals surface area contributed by atoms with E-state index >= 15 is 0 Å². The molecule has 0 aromatic heterocycles. The predicted octanol–water partition coefficient (Wildman–Crippen LogP) is 1.71. The Morgan fingerprint density at radius 3 is 2.44 bits per heavy atom. The summed E-state index contributed by atoms with van der Waals surface area (Å²) < 4.78 is 0. The summed E-state index contributed by atoms with van der Waals surface area (Å²) in [7, 11) is 0. The Labute approximate surface area is 96.5 Å². The summed E-state index contributed by atoms with van der Waals surface area (Å²) in [6.07, 6.45) is 2.13. The molecular formula is C11H22N2O3. The minimum Gasteiger partial charge on any atom is -0.480 e. The molecular weight excluding hydrogens is 208 g/mol. The first-order valence-corrected chi connectivity index (χ1v) is 5.67. The molecule has 0 unspecified atom stereocenters. The van der Waals surface area contributed by atoms with Crippen LogP contribution in [-0.4, -0.2) is 34.6 Å². The summed E-state index contributed by atoms with van der Waals surface area (Å²) in [4.78, 5) is 10.9. The minimum atomic E-state index is -0.859. The number of hydrogen-bond acceptors (Lipinski definition) is 4. The van der Waals surface area contributed by atoms with Crippen LogP contribution in [0.2, 0.25) is 0 Å². The molecule has 0 saturated heterocycles.